The van der Waals surface area contributed by atoms with E-state index in [-0.39, 0.29) is 44.5 Å². The van der Waals surface area contributed by atoms with Crippen molar-refractivity contribution in [2.45, 2.75) is 33.2 Å². The maximum absolute atomic E-state index is 13.8. The van der Waals surface area contributed by atoms with Gasteiger partial charge in [-0.25, -0.2) is 9.37 Å². The molecule has 4 aromatic heterocycles. The number of nitrogens with one attached hydrogen (secondary N) is 1. The monoisotopic (exact) mass is 587 g/mol. The summed E-state index contributed by atoms with van der Waals surface area (Å²) in [6.45, 7) is 3.93. The first-order chi connectivity index (χ1) is 19.5. The highest BCUT2D eigenvalue weighted by atomic mass is 32.1. The number of benzene rings is 1. The lowest BCUT2D eigenvalue weighted by atomic mass is 10.0. The highest BCUT2D eigenvalue weighted by molar-refractivity contribution is 7.21. The number of ether oxygens (including phenoxy) is 1. The lowest BCUT2D eigenvalue weighted by molar-refractivity contribution is -0.140. The molecule has 14 heteroatoms. The highest BCUT2D eigenvalue weighted by Crippen LogP contribution is 2.44. The van der Waals surface area contributed by atoms with Gasteiger partial charge >= 0.3 is 6.18 Å². The minimum absolute atomic E-state index is 0.0676. The molecule has 0 aliphatic heterocycles. The van der Waals surface area contributed by atoms with Crippen molar-refractivity contribution in [2.75, 3.05) is 5.32 Å². The van der Waals surface area contributed by atoms with Gasteiger partial charge in [0.05, 0.1) is 11.9 Å². The van der Waals surface area contributed by atoms with Crippen LogP contribution in [0.3, 0.4) is 0 Å². The predicted molar refractivity (Wildman–Crippen MR) is 142 cm³/mol. The Labute approximate surface area is 233 Å². The third-order valence-corrected chi connectivity index (χ3v) is 7.29. The number of primary amides is 1. The van der Waals surface area contributed by atoms with E-state index in [0.717, 1.165) is 6.07 Å². The fourth-order valence-electron chi connectivity index (χ4n) is 4.22. The molecule has 5 aromatic rings. The highest BCUT2D eigenvalue weighted by Gasteiger charge is 2.35. The van der Waals surface area contributed by atoms with Gasteiger partial charge in [-0.1, -0.05) is 0 Å². The van der Waals surface area contributed by atoms with Gasteiger partial charge in [0, 0.05) is 23.2 Å². The first-order valence-electron chi connectivity index (χ1n) is 12.1. The van der Waals surface area contributed by atoms with Gasteiger partial charge in [0.1, 0.15) is 39.3 Å². The quantitative estimate of drug-likeness (QED) is 0.209. The molecule has 212 valence electrons. The maximum Gasteiger partial charge on any atom is 0.433 e. The van der Waals surface area contributed by atoms with Gasteiger partial charge in [0.2, 0.25) is 0 Å². The number of hydrogen-bond donors (Lipinski definition) is 2. The Bertz CT molecular complexity index is 1770. The number of fused-ring (bicyclic) bond motifs is 1. The number of pyridine rings is 1. The minimum atomic E-state index is -4.78. The summed E-state index contributed by atoms with van der Waals surface area (Å²) in [5, 5.41) is 6.92. The molecule has 2 amide bonds. The number of carbonyl (C=O) groups is 2. The number of nitrogens with two attached hydrogens (primary N) is 1. The molecule has 5 rings (SSSR count). The van der Waals surface area contributed by atoms with Crippen LogP contribution < -0.4 is 15.8 Å². The lowest BCUT2D eigenvalue weighted by Gasteiger charge is -2.12. The van der Waals surface area contributed by atoms with Crippen LogP contribution in [-0.2, 0) is 19.3 Å². The number of carbonyl (C=O) groups excluding carboxylic acids is 2. The van der Waals surface area contributed by atoms with Gasteiger partial charge in [-0.3, -0.25) is 14.3 Å². The molecule has 9 nitrogen and oxygen atoms in total. The van der Waals surface area contributed by atoms with Crippen molar-refractivity contribution in [3.8, 4) is 16.9 Å². The molecule has 41 heavy (non-hydrogen) atoms. The van der Waals surface area contributed by atoms with Crippen molar-refractivity contribution < 1.29 is 36.3 Å². The zero-order valence-electron chi connectivity index (χ0n) is 21.5. The van der Waals surface area contributed by atoms with Crippen molar-refractivity contribution in [3.05, 3.63) is 82.3 Å². The van der Waals surface area contributed by atoms with E-state index >= 15 is 0 Å². The van der Waals surface area contributed by atoms with E-state index in [4.69, 9.17) is 14.9 Å². The maximum atomic E-state index is 13.8. The second-order valence-corrected chi connectivity index (χ2v) is 9.82. The first-order valence-corrected chi connectivity index (χ1v) is 12.9. The van der Waals surface area contributed by atoms with Crippen LogP contribution in [0.5, 0.6) is 5.75 Å². The summed E-state index contributed by atoms with van der Waals surface area (Å²) >= 11 is 0.634. The summed E-state index contributed by atoms with van der Waals surface area (Å²) in [6.07, 6.45) is -3.36. The average molecular weight is 588 g/mol. The fourth-order valence-corrected chi connectivity index (χ4v) is 5.22. The number of nitrogens with zero attached hydrogens (tertiary/aromatic N) is 3. The minimum Gasteiger partial charge on any atom is -0.486 e. The predicted octanol–water partition coefficient (Wildman–Crippen LogP) is 6.17. The van der Waals surface area contributed by atoms with Gasteiger partial charge in [0.25, 0.3) is 11.8 Å². The number of alkyl halides is 3. The zero-order valence-corrected chi connectivity index (χ0v) is 22.3. The summed E-state index contributed by atoms with van der Waals surface area (Å²) in [5.74, 6) is -1.68. The number of rotatable bonds is 8. The summed E-state index contributed by atoms with van der Waals surface area (Å²) < 4.78 is 67.2. The molecule has 0 saturated carbocycles. The third kappa shape index (κ3) is 5.50. The summed E-state index contributed by atoms with van der Waals surface area (Å²) in [6, 6.07) is 9.04. The summed E-state index contributed by atoms with van der Waals surface area (Å²) in [7, 11) is 0. The Morgan fingerprint density at radius 3 is 2.51 bits per heavy atom. The van der Waals surface area contributed by atoms with Crippen molar-refractivity contribution in [2.24, 2.45) is 5.73 Å². The second kappa shape index (κ2) is 10.7. The number of furan rings is 1. The molecule has 4 heterocycles. The number of anilines is 1. The van der Waals surface area contributed by atoms with E-state index in [0.29, 0.717) is 34.9 Å². The Hall–Kier alpha value is -4.72. The van der Waals surface area contributed by atoms with Crippen molar-refractivity contribution >= 4 is 39.1 Å². The fraction of sp³-hybridized carbons (Fsp3) is 0.185. The van der Waals surface area contributed by atoms with E-state index in [1.54, 1.807) is 11.6 Å². The summed E-state index contributed by atoms with van der Waals surface area (Å²) in [4.78, 5) is 29.0. The molecule has 0 bridgehead atoms. The SMILES string of the molecule is CCn1ncc(-c2cc(C(F)(F)F)nc3sc(C(N)=O)c(NC(=O)c4ccc(COc5ccc(F)cc5)o4)c23)c1C. The topological polar surface area (TPSA) is 125 Å². The van der Waals surface area contributed by atoms with Crippen LogP contribution >= 0.6 is 11.3 Å². The van der Waals surface area contributed by atoms with Crippen LogP contribution in [0, 0.1) is 12.7 Å². The van der Waals surface area contributed by atoms with Crippen LogP contribution in [0.1, 0.15) is 44.3 Å². The van der Waals surface area contributed by atoms with E-state index in [1.807, 2.05) is 6.92 Å². The van der Waals surface area contributed by atoms with E-state index in [9.17, 15) is 27.2 Å². The standard InChI is InChI=1S/C27H21F4N5O4S/c1-3-36-13(2)18(11-33-36)17-10-20(27(29,30)31)34-26-21(17)22(23(41-26)24(32)37)35-25(38)19-9-8-16(40-19)12-39-15-6-4-14(28)5-7-15/h4-11H,3,12H2,1-2H3,(H2,32,37)(H,35,38). The summed E-state index contributed by atoms with van der Waals surface area (Å²) in [5.41, 5.74) is 5.32. The first kappa shape index (κ1) is 27.8. The smallest absolute Gasteiger partial charge is 0.433 e. The van der Waals surface area contributed by atoms with Gasteiger partial charge in [-0.2, -0.15) is 18.3 Å². The lowest BCUT2D eigenvalue weighted by Crippen LogP contribution is -2.16. The average Bonchev–Trinajstić information content (AvgIpc) is 3.64. The molecule has 0 fully saturated rings. The number of amides is 2. The van der Waals surface area contributed by atoms with Gasteiger partial charge in [-0.15, -0.1) is 11.3 Å². The molecule has 0 saturated heterocycles. The molecule has 0 aliphatic carbocycles. The Morgan fingerprint density at radius 2 is 1.88 bits per heavy atom. The Kier molecular flexibility index (Phi) is 7.26. The van der Waals surface area contributed by atoms with Gasteiger partial charge in [0.15, 0.2) is 5.76 Å². The molecule has 0 radical (unpaired) electrons. The number of hydrogen-bond acceptors (Lipinski definition) is 7. The van der Waals surface area contributed by atoms with Crippen LogP contribution in [0.4, 0.5) is 23.2 Å². The van der Waals surface area contributed by atoms with E-state index in [1.165, 1.54) is 42.6 Å². The number of thiophene rings is 1. The Balaban J connectivity index is 1.54. The van der Waals surface area contributed by atoms with Crippen LogP contribution in [0.2, 0.25) is 0 Å². The molecule has 0 unspecified atom stereocenters. The van der Waals surface area contributed by atoms with Crippen LogP contribution in [0.15, 0.2) is 53.1 Å². The van der Waals surface area contributed by atoms with Crippen LogP contribution in [0.25, 0.3) is 21.3 Å². The number of aryl methyl sites for hydroxylation is 1. The van der Waals surface area contributed by atoms with Crippen molar-refractivity contribution in [3.63, 3.8) is 0 Å². The third-order valence-electron chi connectivity index (χ3n) is 6.19. The van der Waals surface area contributed by atoms with Gasteiger partial charge < -0.3 is 20.2 Å². The second-order valence-electron chi connectivity index (χ2n) is 8.83. The van der Waals surface area contributed by atoms with Crippen LogP contribution in [-0.4, -0.2) is 26.6 Å². The molecule has 0 atom stereocenters. The number of aromatic nitrogens is 3. The van der Waals surface area contributed by atoms with Crippen molar-refractivity contribution in [1.82, 2.24) is 14.8 Å². The zero-order chi connectivity index (χ0) is 29.5. The Morgan fingerprint density at radius 1 is 1.15 bits per heavy atom. The van der Waals surface area contributed by atoms with E-state index < -0.39 is 29.5 Å². The normalized spacial score (nSPS) is 11.7. The number of halogens is 4. The molecule has 0 spiro atoms. The largest absolute Gasteiger partial charge is 0.486 e. The molecule has 1 aromatic carbocycles. The molecular formula is C27H21F4N5O4S. The molecular weight excluding hydrogens is 566 g/mol. The molecule has 0 aliphatic rings. The van der Waals surface area contributed by atoms with Crippen molar-refractivity contribution in [1.29, 1.82) is 0 Å². The molecule has 3 N–H and O–H groups in total. The van der Waals surface area contributed by atoms with Gasteiger partial charge in [-0.05, 0) is 61.9 Å². The van der Waals surface area contributed by atoms with E-state index in [2.05, 4.69) is 15.4 Å².